The molecule has 4 aromatic rings. The van der Waals surface area contributed by atoms with Gasteiger partial charge in [-0.3, -0.25) is 9.59 Å². The predicted molar refractivity (Wildman–Crippen MR) is 113 cm³/mol. The molecule has 29 heavy (non-hydrogen) atoms. The number of nitrogens with one attached hydrogen (secondary N) is 2. The molecule has 6 heteroatoms. The maximum absolute atomic E-state index is 12.3. The summed E-state index contributed by atoms with van der Waals surface area (Å²) in [4.78, 5) is 28.9. The van der Waals surface area contributed by atoms with E-state index in [9.17, 15) is 9.59 Å². The number of rotatable bonds is 6. The molecule has 1 heterocycles. The highest BCUT2D eigenvalue weighted by Gasteiger charge is 2.10. The molecule has 0 fully saturated rings. The standard InChI is InChI=1S/C23H21N3O3/c1-2-23-26-19-13-17(10-11-20(19)29-23)25-22(28)14-24-21(27)12-16-8-5-7-15-6-3-4-9-18(15)16/h3-11,13H,2,12,14H2,1H3,(H,24,27)(H,25,28). The zero-order valence-corrected chi connectivity index (χ0v) is 16.1. The van der Waals surface area contributed by atoms with E-state index in [4.69, 9.17) is 4.42 Å². The van der Waals surface area contributed by atoms with E-state index in [1.807, 2.05) is 49.4 Å². The van der Waals surface area contributed by atoms with Crippen molar-refractivity contribution in [1.29, 1.82) is 0 Å². The van der Waals surface area contributed by atoms with Gasteiger partial charge in [0.2, 0.25) is 11.8 Å². The van der Waals surface area contributed by atoms with Gasteiger partial charge < -0.3 is 15.1 Å². The zero-order valence-electron chi connectivity index (χ0n) is 16.1. The average molecular weight is 387 g/mol. The Bertz CT molecular complexity index is 1190. The summed E-state index contributed by atoms with van der Waals surface area (Å²) in [6.07, 6.45) is 0.929. The van der Waals surface area contributed by atoms with Crippen LogP contribution < -0.4 is 10.6 Å². The summed E-state index contributed by atoms with van der Waals surface area (Å²) >= 11 is 0. The topological polar surface area (TPSA) is 84.2 Å². The molecule has 0 bridgehead atoms. The number of hydrogen-bond acceptors (Lipinski definition) is 4. The van der Waals surface area contributed by atoms with Crippen molar-refractivity contribution in [3.8, 4) is 0 Å². The van der Waals surface area contributed by atoms with Gasteiger partial charge in [-0.2, -0.15) is 0 Å². The van der Waals surface area contributed by atoms with Crippen LogP contribution in [0.3, 0.4) is 0 Å². The average Bonchev–Trinajstić information content (AvgIpc) is 3.15. The van der Waals surface area contributed by atoms with Crippen molar-refractivity contribution in [2.24, 2.45) is 0 Å². The van der Waals surface area contributed by atoms with Crippen LogP contribution in [0, 0.1) is 0 Å². The Kier molecular flexibility index (Phi) is 5.24. The van der Waals surface area contributed by atoms with Crippen molar-refractivity contribution in [1.82, 2.24) is 10.3 Å². The number of aryl methyl sites for hydroxylation is 1. The summed E-state index contributed by atoms with van der Waals surface area (Å²) in [5.74, 6) is 0.162. The highest BCUT2D eigenvalue weighted by molar-refractivity contribution is 5.97. The molecule has 0 atom stereocenters. The first-order chi connectivity index (χ1) is 14.1. The molecule has 2 amide bonds. The smallest absolute Gasteiger partial charge is 0.243 e. The van der Waals surface area contributed by atoms with Crippen LogP contribution in [0.15, 0.2) is 65.1 Å². The predicted octanol–water partition coefficient (Wildman–Crippen LogP) is 3.84. The lowest BCUT2D eigenvalue weighted by Gasteiger charge is -2.09. The highest BCUT2D eigenvalue weighted by Crippen LogP contribution is 2.20. The third kappa shape index (κ3) is 4.27. The summed E-state index contributed by atoms with van der Waals surface area (Å²) in [6.45, 7) is 1.87. The van der Waals surface area contributed by atoms with Crippen molar-refractivity contribution in [2.75, 3.05) is 11.9 Å². The molecule has 0 saturated carbocycles. The largest absolute Gasteiger partial charge is 0.441 e. The third-order valence-corrected chi connectivity index (χ3v) is 4.70. The van der Waals surface area contributed by atoms with Crippen molar-refractivity contribution in [3.05, 3.63) is 72.1 Å². The van der Waals surface area contributed by atoms with Gasteiger partial charge >= 0.3 is 0 Å². The number of carbonyl (C=O) groups is 2. The van der Waals surface area contributed by atoms with Crippen LogP contribution >= 0.6 is 0 Å². The van der Waals surface area contributed by atoms with Gasteiger partial charge in [-0.15, -0.1) is 0 Å². The molecule has 0 aliphatic carbocycles. The number of amides is 2. The summed E-state index contributed by atoms with van der Waals surface area (Å²) in [7, 11) is 0. The number of benzene rings is 3. The highest BCUT2D eigenvalue weighted by atomic mass is 16.3. The van der Waals surface area contributed by atoms with E-state index in [1.54, 1.807) is 18.2 Å². The van der Waals surface area contributed by atoms with E-state index in [0.717, 1.165) is 16.3 Å². The van der Waals surface area contributed by atoms with Gasteiger partial charge in [0, 0.05) is 12.1 Å². The second kappa shape index (κ2) is 8.14. The van der Waals surface area contributed by atoms with Crippen LogP contribution in [0.4, 0.5) is 5.69 Å². The van der Waals surface area contributed by atoms with Gasteiger partial charge in [0.05, 0.1) is 13.0 Å². The van der Waals surface area contributed by atoms with Crippen molar-refractivity contribution >= 4 is 39.4 Å². The van der Waals surface area contributed by atoms with Crippen LogP contribution in [0.2, 0.25) is 0 Å². The lowest BCUT2D eigenvalue weighted by Crippen LogP contribution is -2.33. The summed E-state index contributed by atoms with van der Waals surface area (Å²) in [5.41, 5.74) is 2.92. The Morgan fingerprint density at radius 1 is 1.00 bits per heavy atom. The Morgan fingerprint density at radius 3 is 2.69 bits per heavy atom. The van der Waals surface area contributed by atoms with Crippen LogP contribution in [0.25, 0.3) is 21.9 Å². The Balaban J connectivity index is 1.35. The first-order valence-corrected chi connectivity index (χ1v) is 9.55. The minimum absolute atomic E-state index is 0.0966. The van der Waals surface area contributed by atoms with Crippen LogP contribution in [-0.2, 0) is 22.4 Å². The Morgan fingerprint density at radius 2 is 1.83 bits per heavy atom. The van der Waals surface area contributed by atoms with E-state index in [-0.39, 0.29) is 24.8 Å². The SMILES string of the molecule is CCc1nc2cc(NC(=O)CNC(=O)Cc3cccc4ccccc34)ccc2o1. The van der Waals surface area contributed by atoms with Gasteiger partial charge in [-0.25, -0.2) is 4.98 Å². The van der Waals surface area contributed by atoms with Gasteiger partial charge in [-0.1, -0.05) is 49.4 Å². The van der Waals surface area contributed by atoms with Crippen molar-refractivity contribution < 1.29 is 14.0 Å². The molecule has 0 aliphatic rings. The minimum Gasteiger partial charge on any atom is -0.441 e. The monoisotopic (exact) mass is 387 g/mol. The Hall–Kier alpha value is -3.67. The molecule has 1 aromatic heterocycles. The zero-order chi connectivity index (χ0) is 20.2. The van der Waals surface area contributed by atoms with Crippen molar-refractivity contribution in [3.63, 3.8) is 0 Å². The number of nitrogens with zero attached hydrogens (tertiary/aromatic N) is 1. The fourth-order valence-electron chi connectivity index (χ4n) is 3.27. The number of fused-ring (bicyclic) bond motifs is 2. The second-order valence-electron chi connectivity index (χ2n) is 6.78. The fraction of sp³-hybridized carbons (Fsp3) is 0.174. The summed E-state index contributed by atoms with van der Waals surface area (Å²) < 4.78 is 5.56. The number of anilines is 1. The molecule has 0 radical (unpaired) electrons. The number of oxazole rings is 1. The van der Waals surface area contributed by atoms with Crippen LogP contribution in [0.1, 0.15) is 18.4 Å². The fourth-order valence-corrected chi connectivity index (χ4v) is 3.27. The second-order valence-corrected chi connectivity index (χ2v) is 6.78. The molecule has 2 N–H and O–H groups in total. The molecular formula is C23H21N3O3. The van der Waals surface area contributed by atoms with Gasteiger partial charge in [0.25, 0.3) is 0 Å². The van der Waals surface area contributed by atoms with E-state index < -0.39 is 0 Å². The minimum atomic E-state index is -0.296. The van der Waals surface area contributed by atoms with Gasteiger partial charge in [-0.05, 0) is 34.5 Å². The first kappa shape index (κ1) is 18.7. The lowest BCUT2D eigenvalue weighted by atomic mass is 10.0. The van der Waals surface area contributed by atoms with E-state index in [1.165, 1.54) is 0 Å². The summed E-state index contributed by atoms with van der Waals surface area (Å²) in [5, 5.41) is 7.59. The molecular weight excluding hydrogens is 366 g/mol. The molecule has 6 nitrogen and oxygen atoms in total. The van der Waals surface area contributed by atoms with Crippen LogP contribution in [-0.4, -0.2) is 23.3 Å². The van der Waals surface area contributed by atoms with Crippen LogP contribution in [0.5, 0.6) is 0 Å². The van der Waals surface area contributed by atoms with Gasteiger partial charge in [0.1, 0.15) is 5.52 Å². The molecule has 0 spiro atoms. The van der Waals surface area contributed by atoms with E-state index in [2.05, 4.69) is 15.6 Å². The molecule has 0 aliphatic heterocycles. The normalized spacial score (nSPS) is 10.9. The van der Waals surface area contributed by atoms with E-state index >= 15 is 0 Å². The lowest BCUT2D eigenvalue weighted by molar-refractivity contribution is -0.123. The molecule has 4 rings (SSSR count). The quantitative estimate of drug-likeness (QED) is 0.526. The number of aromatic nitrogens is 1. The number of carbonyl (C=O) groups excluding carboxylic acids is 2. The molecule has 146 valence electrons. The molecule has 0 unspecified atom stereocenters. The molecule has 3 aromatic carbocycles. The van der Waals surface area contributed by atoms with Gasteiger partial charge in [0.15, 0.2) is 11.5 Å². The van der Waals surface area contributed by atoms with Crippen molar-refractivity contribution in [2.45, 2.75) is 19.8 Å². The molecule has 0 saturated heterocycles. The number of hydrogen-bond donors (Lipinski definition) is 2. The Labute approximate surface area is 167 Å². The van der Waals surface area contributed by atoms with E-state index in [0.29, 0.717) is 29.1 Å². The summed E-state index contributed by atoms with van der Waals surface area (Å²) in [6, 6.07) is 19.1. The maximum Gasteiger partial charge on any atom is 0.243 e. The first-order valence-electron chi connectivity index (χ1n) is 9.55. The maximum atomic E-state index is 12.3. The third-order valence-electron chi connectivity index (χ3n) is 4.70.